The number of carbonyl (C=O) groups is 3. The monoisotopic (exact) mass is 696 g/mol. The van der Waals surface area contributed by atoms with E-state index < -0.39 is 11.4 Å². The Bertz CT molecular complexity index is 1240. The van der Waals surface area contributed by atoms with Crippen LogP contribution in [-0.2, 0) is 25.2 Å². The zero-order valence-corrected chi connectivity index (χ0v) is 33.7. The highest BCUT2D eigenvalue weighted by atomic mass is 16.4. The van der Waals surface area contributed by atoms with Crippen molar-refractivity contribution >= 4 is 17.5 Å². The smallest absolute Gasteiger partial charge is 0.315 e. The quantitative estimate of drug-likeness (QED) is 0.345. The first-order valence-corrected chi connectivity index (χ1v) is 18.7. The number of carboxylic acid groups (broad SMARTS) is 1. The Morgan fingerprint density at radius 3 is 1.36 bits per heavy atom. The second-order valence-electron chi connectivity index (χ2n) is 12.8. The number of pyridine rings is 2. The summed E-state index contributed by atoms with van der Waals surface area (Å²) in [5.74, 6) is -0.263. The number of aliphatic carboxylic acids is 1. The minimum Gasteiger partial charge on any atom is -0.481 e. The van der Waals surface area contributed by atoms with Gasteiger partial charge in [-0.3, -0.25) is 24.4 Å². The molecule has 5 rings (SSSR count). The van der Waals surface area contributed by atoms with Crippen LogP contribution in [-0.4, -0.2) is 108 Å². The van der Waals surface area contributed by atoms with Crippen LogP contribution in [0.1, 0.15) is 110 Å². The van der Waals surface area contributed by atoms with Gasteiger partial charge in [0.25, 0.3) is 0 Å². The van der Waals surface area contributed by atoms with Crippen molar-refractivity contribution in [1.29, 1.82) is 0 Å². The molecule has 0 radical (unpaired) electrons. The van der Waals surface area contributed by atoms with Crippen LogP contribution < -0.4 is 0 Å². The SMILES string of the molecule is CC.CC.CC.CC(=O)C1(c2cccc(C)n2)CCN(C)CC1.CC(=O)C1=CCN(C)CC1.Cc1cccc(C2(C(=O)O)CCN(C)CC2)n1. The molecule has 282 valence electrons. The Kier molecular flexibility index (Phi) is 22.4. The number of Topliss-reactive ketones (excluding diaryl/α,β-unsaturated/α-hetero) is 2. The third-order valence-corrected chi connectivity index (χ3v) is 9.39. The molecule has 5 heterocycles. The predicted octanol–water partition coefficient (Wildman–Crippen LogP) is 7.30. The molecule has 0 aliphatic carbocycles. The predicted molar refractivity (Wildman–Crippen MR) is 208 cm³/mol. The fourth-order valence-electron chi connectivity index (χ4n) is 6.08. The highest BCUT2D eigenvalue weighted by molar-refractivity contribution is 5.93. The fraction of sp³-hybridized carbons (Fsp3) is 0.634. The molecule has 3 aliphatic heterocycles. The Hall–Kier alpha value is -3.27. The molecule has 0 spiro atoms. The standard InChI is InChI=1S/C14H20N2O.C13H18N2O2.C8H13NO.3C2H6/c1-11-5-4-6-13(15-11)14(12(2)17)7-9-16(3)10-8-14;1-10-4-3-5-11(14-10)13(12(16)17)6-8-15(2)9-7-13;1-7(10)8-3-5-9(2)6-4-8;3*1-2/h4-6H,7-10H2,1-3H3;3-5H,6-9H2,1-2H3,(H,16,17);3H,4-6H2,1-2H3;3*1-2H3. The number of piperidine rings is 2. The summed E-state index contributed by atoms with van der Waals surface area (Å²) in [6.07, 6.45) is 5.98. The van der Waals surface area contributed by atoms with Crippen LogP contribution in [0.15, 0.2) is 48.0 Å². The van der Waals surface area contributed by atoms with Gasteiger partial charge in [0.15, 0.2) is 5.78 Å². The topological polar surface area (TPSA) is 107 Å². The van der Waals surface area contributed by atoms with Gasteiger partial charge >= 0.3 is 5.97 Å². The lowest BCUT2D eigenvalue weighted by atomic mass is 9.72. The van der Waals surface area contributed by atoms with E-state index in [-0.39, 0.29) is 17.0 Å². The summed E-state index contributed by atoms with van der Waals surface area (Å²) in [5.41, 5.74) is 3.38. The molecule has 2 fully saturated rings. The molecule has 50 heavy (non-hydrogen) atoms. The van der Waals surface area contributed by atoms with E-state index in [1.165, 1.54) is 0 Å². The number of carbonyl (C=O) groups excluding carboxylic acids is 2. The van der Waals surface area contributed by atoms with E-state index in [1.807, 2.05) is 105 Å². The van der Waals surface area contributed by atoms with Crippen molar-refractivity contribution in [1.82, 2.24) is 24.7 Å². The fourth-order valence-corrected chi connectivity index (χ4v) is 6.08. The minimum absolute atomic E-state index is 0.230. The van der Waals surface area contributed by atoms with E-state index in [1.54, 1.807) is 13.8 Å². The number of carboxylic acids is 1. The second kappa shape index (κ2) is 24.0. The van der Waals surface area contributed by atoms with Gasteiger partial charge in [-0.25, -0.2) is 0 Å². The number of likely N-dealkylation sites (N-methyl/N-ethyl adjacent to an activating group) is 1. The third-order valence-electron chi connectivity index (χ3n) is 9.39. The van der Waals surface area contributed by atoms with Gasteiger partial charge in [-0.1, -0.05) is 59.8 Å². The largest absolute Gasteiger partial charge is 0.481 e. The number of aromatic nitrogens is 2. The van der Waals surface area contributed by atoms with E-state index >= 15 is 0 Å². The van der Waals surface area contributed by atoms with Gasteiger partial charge in [0.2, 0.25) is 0 Å². The van der Waals surface area contributed by atoms with Crippen LogP contribution in [0.5, 0.6) is 0 Å². The molecule has 2 aromatic rings. The molecule has 1 N–H and O–H groups in total. The van der Waals surface area contributed by atoms with Crippen molar-refractivity contribution in [2.45, 2.75) is 112 Å². The zero-order valence-electron chi connectivity index (χ0n) is 33.7. The third kappa shape index (κ3) is 13.8. The van der Waals surface area contributed by atoms with E-state index in [0.29, 0.717) is 18.5 Å². The van der Waals surface area contributed by atoms with Gasteiger partial charge in [0.05, 0.1) is 16.8 Å². The molecular formula is C41H69N5O4. The summed E-state index contributed by atoms with van der Waals surface area (Å²) in [6, 6.07) is 11.6. The Balaban J connectivity index is 0.000000688. The van der Waals surface area contributed by atoms with Crippen LogP contribution in [0.25, 0.3) is 0 Å². The maximum Gasteiger partial charge on any atom is 0.315 e. The molecule has 0 amide bonds. The average Bonchev–Trinajstić information content (AvgIpc) is 3.12. The summed E-state index contributed by atoms with van der Waals surface area (Å²) in [7, 11) is 6.19. The molecule has 0 bridgehead atoms. The Labute approximate surface area is 304 Å². The normalized spacial score (nSPS) is 18.1. The molecule has 9 heteroatoms. The molecular weight excluding hydrogens is 626 g/mol. The highest BCUT2D eigenvalue weighted by Gasteiger charge is 2.44. The Morgan fingerprint density at radius 1 is 0.640 bits per heavy atom. The van der Waals surface area contributed by atoms with Gasteiger partial charge < -0.3 is 19.8 Å². The summed E-state index contributed by atoms with van der Waals surface area (Å²) >= 11 is 0. The number of hydrogen-bond donors (Lipinski definition) is 1. The van der Waals surface area contributed by atoms with Crippen LogP contribution in [0.2, 0.25) is 0 Å². The van der Waals surface area contributed by atoms with E-state index in [9.17, 15) is 19.5 Å². The number of rotatable bonds is 5. The van der Waals surface area contributed by atoms with Crippen molar-refractivity contribution < 1.29 is 19.5 Å². The lowest BCUT2D eigenvalue weighted by molar-refractivity contribution is -0.146. The summed E-state index contributed by atoms with van der Waals surface area (Å²) in [6.45, 7) is 24.7. The van der Waals surface area contributed by atoms with E-state index in [4.69, 9.17) is 0 Å². The maximum absolute atomic E-state index is 12.1. The van der Waals surface area contributed by atoms with Crippen molar-refractivity contribution in [3.05, 3.63) is 70.8 Å². The zero-order chi connectivity index (χ0) is 38.5. The molecule has 0 unspecified atom stereocenters. The number of likely N-dealkylation sites (tertiary alicyclic amines) is 2. The van der Waals surface area contributed by atoms with E-state index in [2.05, 4.69) is 38.8 Å². The minimum atomic E-state index is -0.793. The van der Waals surface area contributed by atoms with E-state index in [0.717, 1.165) is 81.2 Å². The first-order chi connectivity index (χ1) is 23.8. The maximum atomic E-state index is 12.1. The summed E-state index contributed by atoms with van der Waals surface area (Å²) < 4.78 is 0. The lowest BCUT2D eigenvalue weighted by Crippen LogP contribution is -2.46. The van der Waals surface area contributed by atoms with Gasteiger partial charge in [-0.15, -0.1) is 0 Å². The molecule has 0 saturated carbocycles. The number of hydrogen-bond acceptors (Lipinski definition) is 8. The first-order valence-electron chi connectivity index (χ1n) is 18.7. The van der Waals surface area contributed by atoms with Crippen molar-refractivity contribution in [3.8, 4) is 0 Å². The molecule has 3 aliphatic rings. The number of aryl methyl sites for hydroxylation is 2. The number of ketones is 2. The summed E-state index contributed by atoms with van der Waals surface area (Å²) in [4.78, 5) is 50.2. The highest BCUT2D eigenvalue weighted by Crippen LogP contribution is 2.36. The molecule has 0 aromatic carbocycles. The van der Waals surface area contributed by atoms with Crippen LogP contribution in [0.3, 0.4) is 0 Å². The Morgan fingerprint density at radius 2 is 1.04 bits per heavy atom. The van der Waals surface area contributed by atoms with Crippen molar-refractivity contribution in [3.63, 3.8) is 0 Å². The van der Waals surface area contributed by atoms with Gasteiger partial charge in [0.1, 0.15) is 11.2 Å². The molecule has 9 nitrogen and oxygen atoms in total. The molecule has 2 saturated heterocycles. The van der Waals surface area contributed by atoms with Gasteiger partial charge in [-0.2, -0.15) is 0 Å². The average molecular weight is 696 g/mol. The first kappa shape index (κ1) is 46.7. The second-order valence-corrected chi connectivity index (χ2v) is 12.8. The van der Waals surface area contributed by atoms with Crippen LogP contribution >= 0.6 is 0 Å². The number of nitrogens with zero attached hydrogens (tertiary/aromatic N) is 5. The van der Waals surface area contributed by atoms with Gasteiger partial charge in [0, 0.05) is 24.5 Å². The van der Waals surface area contributed by atoms with Crippen LogP contribution in [0, 0.1) is 13.8 Å². The summed E-state index contributed by atoms with van der Waals surface area (Å²) in [5, 5.41) is 9.56. The molecule has 0 atom stereocenters. The van der Waals surface area contributed by atoms with Crippen molar-refractivity contribution in [2.24, 2.45) is 0 Å². The van der Waals surface area contributed by atoms with Crippen LogP contribution in [0.4, 0.5) is 0 Å². The van der Waals surface area contributed by atoms with Crippen molar-refractivity contribution in [2.75, 3.05) is 60.4 Å². The molecule has 2 aromatic heterocycles. The van der Waals surface area contributed by atoms with Gasteiger partial charge in [-0.05, 0) is 137 Å². The lowest BCUT2D eigenvalue weighted by Gasteiger charge is -2.38.